The molecule has 2 aromatic heterocycles. The molecular formula is C29H24FN5O3. The van der Waals surface area contributed by atoms with Crippen molar-refractivity contribution < 1.29 is 14.0 Å². The number of carbonyl (C=O) groups is 2. The number of halogens is 1. The van der Waals surface area contributed by atoms with Gasteiger partial charge in [-0.05, 0) is 79.7 Å². The molecule has 0 unspecified atom stereocenters. The molecule has 1 amide bonds. The third kappa shape index (κ3) is 5.72. The lowest BCUT2D eigenvalue weighted by Crippen LogP contribution is -2.37. The van der Waals surface area contributed by atoms with Crippen LogP contribution in [0.25, 0.3) is 11.3 Å². The number of anilines is 1. The van der Waals surface area contributed by atoms with Crippen LogP contribution in [0, 0.1) is 17.1 Å². The molecule has 2 aromatic carbocycles. The summed E-state index contributed by atoms with van der Waals surface area (Å²) in [5.74, 6) is -1.16. The number of hydrogen-bond donors (Lipinski definition) is 2. The summed E-state index contributed by atoms with van der Waals surface area (Å²) in [6, 6.07) is 18.4. The van der Waals surface area contributed by atoms with Crippen LogP contribution in [0.15, 0.2) is 83.9 Å². The fourth-order valence-corrected chi connectivity index (χ4v) is 3.85. The van der Waals surface area contributed by atoms with E-state index in [1.807, 2.05) is 0 Å². The first-order valence-corrected chi connectivity index (χ1v) is 11.8. The molecule has 4 rings (SSSR count). The zero-order valence-corrected chi connectivity index (χ0v) is 20.7. The van der Waals surface area contributed by atoms with Crippen molar-refractivity contribution in [2.75, 3.05) is 12.4 Å². The molecule has 0 saturated heterocycles. The number of nitrogens with zero attached hydrogens (tertiary/aromatic N) is 3. The maximum Gasteiger partial charge on any atom is 0.275 e. The lowest BCUT2D eigenvalue weighted by Gasteiger charge is -2.17. The minimum Gasteiger partial charge on any atom is -0.320 e. The fourth-order valence-electron chi connectivity index (χ4n) is 3.85. The SMILES string of the molecule is CN[C@@H](C)C(=O)Nc1ccc(-c2cccc(C#N)c2)n(Cc2cncc(C(=O)c3ccc(F)cc3)c2)c1=O. The van der Waals surface area contributed by atoms with Gasteiger partial charge in [0.05, 0.1) is 29.9 Å². The number of likely N-dealkylation sites (N-methyl/N-ethyl adjacent to an activating group) is 1. The number of aromatic nitrogens is 2. The highest BCUT2D eigenvalue weighted by Gasteiger charge is 2.17. The Morgan fingerprint density at radius 2 is 1.82 bits per heavy atom. The predicted molar refractivity (Wildman–Crippen MR) is 141 cm³/mol. The third-order valence-corrected chi connectivity index (χ3v) is 6.05. The molecule has 190 valence electrons. The Morgan fingerprint density at radius 1 is 1.05 bits per heavy atom. The summed E-state index contributed by atoms with van der Waals surface area (Å²) in [5.41, 5.74) is 2.35. The highest BCUT2D eigenvalue weighted by molar-refractivity contribution is 6.08. The quantitative estimate of drug-likeness (QED) is 0.350. The minimum atomic E-state index is -0.520. The van der Waals surface area contributed by atoms with E-state index in [-0.39, 0.29) is 29.5 Å². The Morgan fingerprint density at radius 3 is 2.53 bits per heavy atom. The van der Waals surface area contributed by atoms with Gasteiger partial charge in [0.1, 0.15) is 11.5 Å². The molecule has 0 aliphatic carbocycles. The maximum absolute atomic E-state index is 13.6. The highest BCUT2D eigenvalue weighted by atomic mass is 19.1. The molecule has 2 heterocycles. The molecule has 0 bridgehead atoms. The Labute approximate surface area is 218 Å². The minimum absolute atomic E-state index is 0.0355. The molecule has 38 heavy (non-hydrogen) atoms. The zero-order chi connectivity index (χ0) is 27.2. The Bertz CT molecular complexity index is 1610. The number of benzene rings is 2. The van der Waals surface area contributed by atoms with Crippen molar-refractivity contribution in [3.05, 3.63) is 118 Å². The van der Waals surface area contributed by atoms with Gasteiger partial charge in [-0.15, -0.1) is 0 Å². The summed E-state index contributed by atoms with van der Waals surface area (Å²) in [4.78, 5) is 43.1. The number of nitrogens with one attached hydrogen (secondary N) is 2. The summed E-state index contributed by atoms with van der Waals surface area (Å²) < 4.78 is 14.8. The van der Waals surface area contributed by atoms with E-state index < -0.39 is 17.4 Å². The van der Waals surface area contributed by atoms with Gasteiger partial charge in [-0.1, -0.05) is 12.1 Å². The molecule has 0 saturated carbocycles. The molecular weight excluding hydrogens is 485 g/mol. The molecule has 0 radical (unpaired) electrons. The van der Waals surface area contributed by atoms with Crippen molar-refractivity contribution in [1.82, 2.24) is 14.9 Å². The molecule has 0 fully saturated rings. The summed E-state index contributed by atoms with van der Waals surface area (Å²) in [6.07, 6.45) is 2.95. The van der Waals surface area contributed by atoms with Crippen LogP contribution in [0.4, 0.5) is 10.1 Å². The van der Waals surface area contributed by atoms with E-state index in [2.05, 4.69) is 21.7 Å². The van der Waals surface area contributed by atoms with Gasteiger partial charge < -0.3 is 15.2 Å². The third-order valence-electron chi connectivity index (χ3n) is 6.05. The molecule has 4 aromatic rings. The number of ketones is 1. The standard InChI is InChI=1S/C29H24FN5O3/c1-18(32-2)28(37)34-25-10-11-26(22-5-3-4-19(12-22)14-31)35(29(25)38)17-20-13-23(16-33-15-20)27(36)21-6-8-24(30)9-7-21/h3-13,15-16,18,32H,17H2,1-2H3,(H,34,37)/t18-/m0/s1. The summed E-state index contributed by atoms with van der Waals surface area (Å²) in [6.45, 7) is 1.71. The Balaban J connectivity index is 1.76. The number of rotatable bonds is 8. The van der Waals surface area contributed by atoms with Crippen molar-refractivity contribution in [2.24, 2.45) is 0 Å². The first-order chi connectivity index (χ1) is 18.3. The van der Waals surface area contributed by atoms with Crippen LogP contribution in [0.1, 0.15) is 34.0 Å². The van der Waals surface area contributed by atoms with Crippen molar-refractivity contribution in [3.63, 3.8) is 0 Å². The van der Waals surface area contributed by atoms with Gasteiger partial charge in [-0.25, -0.2) is 4.39 Å². The number of hydrogen-bond acceptors (Lipinski definition) is 6. The lowest BCUT2D eigenvalue weighted by molar-refractivity contribution is -0.117. The van der Waals surface area contributed by atoms with Crippen LogP contribution in [-0.4, -0.2) is 34.3 Å². The van der Waals surface area contributed by atoms with Gasteiger partial charge >= 0.3 is 0 Å². The number of pyridine rings is 2. The molecule has 9 heteroatoms. The van der Waals surface area contributed by atoms with Gasteiger partial charge in [-0.3, -0.25) is 19.4 Å². The van der Waals surface area contributed by atoms with E-state index >= 15 is 0 Å². The Hall–Kier alpha value is -4.94. The number of amides is 1. The van der Waals surface area contributed by atoms with Crippen molar-refractivity contribution in [3.8, 4) is 17.3 Å². The smallest absolute Gasteiger partial charge is 0.275 e. The van der Waals surface area contributed by atoms with Crippen LogP contribution < -0.4 is 16.2 Å². The van der Waals surface area contributed by atoms with Crippen LogP contribution in [0.5, 0.6) is 0 Å². The molecule has 2 N–H and O–H groups in total. The monoisotopic (exact) mass is 509 g/mol. The molecule has 0 aliphatic rings. The average Bonchev–Trinajstić information content (AvgIpc) is 2.94. The van der Waals surface area contributed by atoms with Gasteiger partial charge in [-0.2, -0.15) is 5.26 Å². The van der Waals surface area contributed by atoms with E-state index in [0.29, 0.717) is 27.9 Å². The first-order valence-electron chi connectivity index (χ1n) is 11.8. The van der Waals surface area contributed by atoms with E-state index in [0.717, 1.165) is 0 Å². The second-order valence-corrected chi connectivity index (χ2v) is 8.63. The van der Waals surface area contributed by atoms with Crippen LogP contribution in [0.2, 0.25) is 0 Å². The maximum atomic E-state index is 13.6. The highest BCUT2D eigenvalue weighted by Crippen LogP contribution is 2.22. The first kappa shape index (κ1) is 26.1. The van der Waals surface area contributed by atoms with E-state index in [4.69, 9.17) is 0 Å². The molecule has 0 spiro atoms. The van der Waals surface area contributed by atoms with Crippen LogP contribution >= 0.6 is 0 Å². The predicted octanol–water partition coefficient (Wildman–Crippen LogP) is 3.75. The zero-order valence-electron chi connectivity index (χ0n) is 20.7. The largest absolute Gasteiger partial charge is 0.320 e. The van der Waals surface area contributed by atoms with Gasteiger partial charge in [0.25, 0.3) is 5.56 Å². The van der Waals surface area contributed by atoms with E-state index in [1.54, 1.807) is 50.4 Å². The van der Waals surface area contributed by atoms with Gasteiger partial charge in [0.2, 0.25) is 5.91 Å². The summed E-state index contributed by atoms with van der Waals surface area (Å²) >= 11 is 0. The Kier molecular flexibility index (Phi) is 7.85. The van der Waals surface area contributed by atoms with E-state index in [9.17, 15) is 24.0 Å². The summed E-state index contributed by atoms with van der Waals surface area (Å²) in [7, 11) is 1.64. The molecule has 0 aliphatic heterocycles. The van der Waals surface area contributed by atoms with Crippen molar-refractivity contribution in [2.45, 2.75) is 19.5 Å². The van der Waals surface area contributed by atoms with Gasteiger partial charge in [0.15, 0.2) is 5.78 Å². The fraction of sp³-hybridized carbons (Fsp3) is 0.138. The van der Waals surface area contributed by atoms with Gasteiger partial charge in [0, 0.05) is 23.5 Å². The molecule has 1 atom stereocenters. The number of nitriles is 1. The van der Waals surface area contributed by atoms with Crippen molar-refractivity contribution >= 4 is 17.4 Å². The second kappa shape index (κ2) is 11.4. The van der Waals surface area contributed by atoms with Crippen molar-refractivity contribution in [1.29, 1.82) is 5.26 Å². The normalized spacial score (nSPS) is 11.4. The lowest BCUT2D eigenvalue weighted by atomic mass is 10.0. The van der Waals surface area contributed by atoms with Crippen LogP contribution in [0.3, 0.4) is 0 Å². The number of carbonyl (C=O) groups excluding carboxylic acids is 2. The second-order valence-electron chi connectivity index (χ2n) is 8.63. The van der Waals surface area contributed by atoms with Crippen LogP contribution in [-0.2, 0) is 11.3 Å². The topological polar surface area (TPSA) is 117 Å². The molecule has 8 nitrogen and oxygen atoms in total. The summed E-state index contributed by atoms with van der Waals surface area (Å²) in [5, 5.41) is 14.8. The van der Waals surface area contributed by atoms with E-state index in [1.165, 1.54) is 47.3 Å². The average molecular weight is 510 g/mol.